The molecule has 1 saturated carbocycles. The second-order valence-corrected chi connectivity index (χ2v) is 4.41. The lowest BCUT2D eigenvalue weighted by Gasteiger charge is -2.10. The van der Waals surface area contributed by atoms with Gasteiger partial charge in [-0.25, -0.2) is 4.79 Å². The van der Waals surface area contributed by atoms with E-state index in [2.05, 4.69) is 16.0 Å². The Balaban J connectivity index is 2.00. The van der Waals surface area contributed by atoms with Crippen molar-refractivity contribution in [2.75, 3.05) is 6.54 Å². The van der Waals surface area contributed by atoms with Crippen molar-refractivity contribution >= 4 is 17.9 Å². The number of hydrogen-bond donors (Lipinski definition) is 4. The SMILES string of the molecule is C[C@H](NC(=O)NCCCC(=O)NC1CC1)C(=O)O. The molecule has 0 aromatic heterocycles. The molecular weight excluding hydrogens is 238 g/mol. The van der Waals surface area contributed by atoms with Crippen molar-refractivity contribution in [3.63, 3.8) is 0 Å². The third kappa shape index (κ3) is 6.07. The Morgan fingerprint density at radius 1 is 1.33 bits per heavy atom. The molecule has 7 heteroatoms. The Kier molecular flexibility index (Phi) is 5.41. The summed E-state index contributed by atoms with van der Waals surface area (Å²) in [6, 6.07) is -1.11. The Morgan fingerprint density at radius 2 is 2.00 bits per heavy atom. The molecule has 1 atom stereocenters. The monoisotopic (exact) mass is 257 g/mol. The van der Waals surface area contributed by atoms with Gasteiger partial charge in [0, 0.05) is 19.0 Å². The van der Waals surface area contributed by atoms with Crippen molar-refractivity contribution in [1.29, 1.82) is 0 Å². The van der Waals surface area contributed by atoms with E-state index >= 15 is 0 Å². The molecule has 0 aromatic rings. The number of carboxylic acids is 1. The summed E-state index contributed by atoms with van der Waals surface area (Å²) < 4.78 is 0. The first-order valence-corrected chi connectivity index (χ1v) is 6.05. The zero-order valence-electron chi connectivity index (χ0n) is 10.4. The second kappa shape index (κ2) is 6.83. The minimum Gasteiger partial charge on any atom is -0.480 e. The fourth-order valence-corrected chi connectivity index (χ4v) is 1.29. The lowest BCUT2D eigenvalue weighted by Crippen LogP contribution is -2.44. The van der Waals surface area contributed by atoms with Gasteiger partial charge >= 0.3 is 12.0 Å². The number of amides is 3. The topological polar surface area (TPSA) is 108 Å². The van der Waals surface area contributed by atoms with Gasteiger partial charge in [0.05, 0.1) is 0 Å². The van der Waals surface area contributed by atoms with E-state index in [1.54, 1.807) is 0 Å². The molecule has 3 amide bonds. The Bertz CT molecular complexity index is 328. The maximum atomic E-state index is 11.3. The average molecular weight is 257 g/mol. The van der Waals surface area contributed by atoms with Gasteiger partial charge in [-0.3, -0.25) is 9.59 Å². The highest BCUT2D eigenvalue weighted by molar-refractivity contribution is 5.82. The lowest BCUT2D eigenvalue weighted by molar-refractivity contribution is -0.138. The van der Waals surface area contributed by atoms with Crippen LogP contribution in [0.4, 0.5) is 4.79 Å². The number of hydrogen-bond acceptors (Lipinski definition) is 3. The predicted molar refractivity (Wildman–Crippen MR) is 64.0 cm³/mol. The first-order valence-electron chi connectivity index (χ1n) is 6.05. The summed E-state index contributed by atoms with van der Waals surface area (Å²) in [6.45, 7) is 1.72. The van der Waals surface area contributed by atoms with E-state index in [0.29, 0.717) is 25.4 Å². The van der Waals surface area contributed by atoms with Crippen LogP contribution in [-0.4, -0.2) is 41.6 Å². The highest BCUT2D eigenvalue weighted by Gasteiger charge is 2.22. The second-order valence-electron chi connectivity index (χ2n) is 4.41. The molecule has 0 saturated heterocycles. The van der Waals surface area contributed by atoms with Gasteiger partial charge < -0.3 is 21.1 Å². The smallest absolute Gasteiger partial charge is 0.325 e. The summed E-state index contributed by atoms with van der Waals surface area (Å²) in [4.78, 5) is 33.0. The van der Waals surface area contributed by atoms with Gasteiger partial charge in [-0.1, -0.05) is 0 Å². The summed E-state index contributed by atoms with van der Waals surface area (Å²) >= 11 is 0. The zero-order chi connectivity index (χ0) is 13.5. The summed E-state index contributed by atoms with van der Waals surface area (Å²) in [5.41, 5.74) is 0. The van der Waals surface area contributed by atoms with Gasteiger partial charge in [0.25, 0.3) is 0 Å². The standard InChI is InChI=1S/C11H19N3O4/c1-7(10(16)17)13-11(18)12-6-2-3-9(15)14-8-4-5-8/h7-8H,2-6H2,1H3,(H,14,15)(H,16,17)(H2,12,13,18)/t7-/m0/s1. The zero-order valence-corrected chi connectivity index (χ0v) is 10.4. The first-order chi connectivity index (χ1) is 8.49. The number of carbonyl (C=O) groups excluding carboxylic acids is 2. The lowest BCUT2D eigenvalue weighted by atomic mass is 10.3. The van der Waals surface area contributed by atoms with Gasteiger partial charge in [0.1, 0.15) is 6.04 Å². The fraction of sp³-hybridized carbons (Fsp3) is 0.727. The molecule has 102 valence electrons. The van der Waals surface area contributed by atoms with Crippen molar-refractivity contribution in [3.05, 3.63) is 0 Å². The third-order valence-corrected chi connectivity index (χ3v) is 2.53. The van der Waals surface area contributed by atoms with Crippen molar-refractivity contribution in [2.24, 2.45) is 0 Å². The molecule has 0 aliphatic heterocycles. The molecule has 0 spiro atoms. The van der Waals surface area contributed by atoms with E-state index in [-0.39, 0.29) is 5.91 Å². The van der Waals surface area contributed by atoms with Crippen LogP contribution in [0.25, 0.3) is 0 Å². The summed E-state index contributed by atoms with van der Waals surface area (Å²) in [7, 11) is 0. The van der Waals surface area contributed by atoms with Crippen molar-refractivity contribution in [1.82, 2.24) is 16.0 Å². The Morgan fingerprint density at radius 3 is 2.56 bits per heavy atom. The van der Waals surface area contributed by atoms with Crippen LogP contribution in [0.1, 0.15) is 32.6 Å². The van der Waals surface area contributed by atoms with E-state index in [1.807, 2.05) is 0 Å². The highest BCUT2D eigenvalue weighted by Crippen LogP contribution is 2.18. The van der Waals surface area contributed by atoms with Crippen LogP contribution in [-0.2, 0) is 9.59 Å². The van der Waals surface area contributed by atoms with Crippen molar-refractivity contribution < 1.29 is 19.5 Å². The van der Waals surface area contributed by atoms with Crippen LogP contribution in [0, 0.1) is 0 Å². The predicted octanol–water partition coefficient (Wildman–Crippen LogP) is -0.182. The minimum atomic E-state index is -1.09. The van der Waals surface area contributed by atoms with Crippen LogP contribution < -0.4 is 16.0 Å². The van der Waals surface area contributed by atoms with E-state index < -0.39 is 18.0 Å². The summed E-state index contributed by atoms with van der Waals surface area (Å²) in [5.74, 6) is -1.09. The van der Waals surface area contributed by atoms with Crippen LogP contribution in [0.3, 0.4) is 0 Å². The van der Waals surface area contributed by atoms with Gasteiger partial charge in [-0.05, 0) is 26.2 Å². The molecule has 1 aliphatic rings. The molecule has 1 rings (SSSR count). The molecular formula is C11H19N3O4. The van der Waals surface area contributed by atoms with E-state index in [9.17, 15) is 14.4 Å². The quantitative estimate of drug-likeness (QED) is 0.474. The Labute approximate surface area is 105 Å². The van der Waals surface area contributed by atoms with Crippen LogP contribution in [0.15, 0.2) is 0 Å². The summed E-state index contributed by atoms with van der Waals surface area (Å²) in [5, 5.41) is 16.2. The fourth-order valence-electron chi connectivity index (χ4n) is 1.29. The van der Waals surface area contributed by atoms with Gasteiger partial charge in [0.2, 0.25) is 5.91 Å². The van der Waals surface area contributed by atoms with E-state index in [1.165, 1.54) is 6.92 Å². The molecule has 0 radical (unpaired) electrons. The van der Waals surface area contributed by atoms with Crippen molar-refractivity contribution in [2.45, 2.75) is 44.7 Å². The maximum Gasteiger partial charge on any atom is 0.325 e. The van der Waals surface area contributed by atoms with Gasteiger partial charge in [0.15, 0.2) is 0 Å². The number of aliphatic carboxylic acids is 1. The maximum absolute atomic E-state index is 11.3. The molecule has 0 heterocycles. The number of rotatable bonds is 7. The normalized spacial score (nSPS) is 15.6. The number of nitrogens with one attached hydrogen (secondary N) is 3. The van der Waals surface area contributed by atoms with Crippen molar-refractivity contribution in [3.8, 4) is 0 Å². The minimum absolute atomic E-state index is 0.00129. The molecule has 4 N–H and O–H groups in total. The van der Waals surface area contributed by atoms with Gasteiger partial charge in [-0.15, -0.1) is 0 Å². The number of carbonyl (C=O) groups is 3. The van der Waals surface area contributed by atoms with Gasteiger partial charge in [-0.2, -0.15) is 0 Å². The van der Waals surface area contributed by atoms with Crippen LogP contribution in [0.5, 0.6) is 0 Å². The van der Waals surface area contributed by atoms with Crippen LogP contribution in [0.2, 0.25) is 0 Å². The highest BCUT2D eigenvalue weighted by atomic mass is 16.4. The van der Waals surface area contributed by atoms with E-state index in [4.69, 9.17) is 5.11 Å². The number of urea groups is 1. The van der Waals surface area contributed by atoms with E-state index in [0.717, 1.165) is 12.8 Å². The molecule has 7 nitrogen and oxygen atoms in total. The molecule has 0 bridgehead atoms. The number of carboxylic acid groups (broad SMARTS) is 1. The summed E-state index contributed by atoms with van der Waals surface area (Å²) in [6.07, 6.45) is 3.01. The molecule has 0 aromatic carbocycles. The molecule has 1 aliphatic carbocycles. The molecule has 18 heavy (non-hydrogen) atoms. The Hall–Kier alpha value is -1.79. The third-order valence-electron chi connectivity index (χ3n) is 2.53. The largest absolute Gasteiger partial charge is 0.480 e. The molecule has 1 fully saturated rings. The molecule has 0 unspecified atom stereocenters. The average Bonchev–Trinajstić information content (AvgIpc) is 3.08. The van der Waals surface area contributed by atoms with Crippen LogP contribution >= 0.6 is 0 Å². The first kappa shape index (κ1) is 14.3.